The Kier molecular flexibility index (Phi) is 6.89. The SMILES string of the molecule is COc1ccc(C)cc1N(CCC(=O)Nc1ccc(Cl)cc1Cl)C(C)=O. The number of carbonyl (C=O) groups is 2. The van der Waals surface area contributed by atoms with Crippen LogP contribution in [0.1, 0.15) is 18.9 Å². The zero-order valence-corrected chi connectivity index (χ0v) is 16.3. The minimum absolute atomic E-state index is 0.107. The number of ether oxygens (including phenoxy) is 1. The number of amides is 2. The molecule has 0 radical (unpaired) electrons. The van der Waals surface area contributed by atoms with Crippen LogP contribution in [0.5, 0.6) is 5.75 Å². The van der Waals surface area contributed by atoms with E-state index in [-0.39, 0.29) is 24.8 Å². The molecule has 0 spiro atoms. The highest BCUT2D eigenvalue weighted by Gasteiger charge is 2.18. The van der Waals surface area contributed by atoms with E-state index in [9.17, 15) is 9.59 Å². The zero-order valence-electron chi connectivity index (χ0n) is 14.8. The van der Waals surface area contributed by atoms with Crippen molar-refractivity contribution in [2.75, 3.05) is 23.9 Å². The average Bonchev–Trinajstić information content (AvgIpc) is 2.57. The predicted octanol–water partition coefficient (Wildman–Crippen LogP) is 4.69. The van der Waals surface area contributed by atoms with E-state index in [1.807, 2.05) is 19.1 Å². The summed E-state index contributed by atoms with van der Waals surface area (Å²) in [6.07, 6.45) is 0.107. The lowest BCUT2D eigenvalue weighted by Gasteiger charge is -2.23. The molecule has 0 saturated heterocycles. The van der Waals surface area contributed by atoms with Crippen LogP contribution in [0.15, 0.2) is 36.4 Å². The van der Waals surface area contributed by atoms with E-state index < -0.39 is 0 Å². The van der Waals surface area contributed by atoms with E-state index in [2.05, 4.69) is 5.32 Å². The molecular formula is C19H20Cl2N2O3. The number of hydrogen-bond acceptors (Lipinski definition) is 3. The number of benzene rings is 2. The molecule has 138 valence electrons. The van der Waals surface area contributed by atoms with Crippen molar-refractivity contribution < 1.29 is 14.3 Å². The Morgan fingerprint density at radius 1 is 1.15 bits per heavy atom. The summed E-state index contributed by atoms with van der Waals surface area (Å²) in [5.74, 6) is 0.144. The minimum atomic E-state index is -0.257. The number of hydrogen-bond donors (Lipinski definition) is 1. The normalized spacial score (nSPS) is 10.3. The summed E-state index contributed by atoms with van der Waals surface area (Å²) in [6, 6.07) is 10.4. The van der Waals surface area contributed by atoms with Gasteiger partial charge in [-0.2, -0.15) is 0 Å². The van der Waals surface area contributed by atoms with Gasteiger partial charge in [-0.25, -0.2) is 0 Å². The van der Waals surface area contributed by atoms with Crippen LogP contribution >= 0.6 is 23.2 Å². The van der Waals surface area contributed by atoms with E-state index in [1.165, 1.54) is 11.8 Å². The van der Waals surface area contributed by atoms with Crippen molar-refractivity contribution in [1.29, 1.82) is 0 Å². The second kappa shape index (κ2) is 8.92. The molecule has 0 aromatic heterocycles. The molecule has 5 nitrogen and oxygen atoms in total. The Morgan fingerprint density at radius 3 is 2.50 bits per heavy atom. The van der Waals surface area contributed by atoms with E-state index in [1.54, 1.807) is 31.4 Å². The fraction of sp³-hybridized carbons (Fsp3) is 0.263. The minimum Gasteiger partial charge on any atom is -0.495 e. The molecule has 0 bridgehead atoms. The summed E-state index contributed by atoms with van der Waals surface area (Å²) in [4.78, 5) is 25.9. The van der Waals surface area contributed by atoms with Crippen molar-refractivity contribution in [1.82, 2.24) is 0 Å². The first-order valence-corrected chi connectivity index (χ1v) is 8.75. The molecule has 0 unspecified atom stereocenters. The molecule has 0 heterocycles. The van der Waals surface area contributed by atoms with Gasteiger partial charge in [-0.3, -0.25) is 9.59 Å². The summed E-state index contributed by atoms with van der Waals surface area (Å²) in [5.41, 5.74) is 2.10. The maximum atomic E-state index is 12.3. The summed E-state index contributed by atoms with van der Waals surface area (Å²) in [7, 11) is 1.54. The van der Waals surface area contributed by atoms with E-state index in [0.29, 0.717) is 27.2 Å². The maximum Gasteiger partial charge on any atom is 0.226 e. The van der Waals surface area contributed by atoms with Gasteiger partial charge in [0.05, 0.1) is 23.5 Å². The lowest BCUT2D eigenvalue weighted by molar-refractivity contribution is -0.117. The Hall–Kier alpha value is -2.24. The van der Waals surface area contributed by atoms with Gasteiger partial charge in [-0.15, -0.1) is 0 Å². The lowest BCUT2D eigenvalue weighted by atomic mass is 10.1. The molecule has 0 saturated carbocycles. The van der Waals surface area contributed by atoms with Gasteiger partial charge in [0.25, 0.3) is 0 Å². The van der Waals surface area contributed by atoms with Gasteiger partial charge in [0.2, 0.25) is 11.8 Å². The van der Waals surface area contributed by atoms with Crippen LogP contribution in [0, 0.1) is 6.92 Å². The lowest BCUT2D eigenvalue weighted by Crippen LogP contribution is -2.32. The van der Waals surface area contributed by atoms with Crippen LogP contribution in [-0.4, -0.2) is 25.5 Å². The van der Waals surface area contributed by atoms with Gasteiger partial charge in [-0.1, -0.05) is 29.3 Å². The van der Waals surface area contributed by atoms with Gasteiger partial charge in [0, 0.05) is 24.9 Å². The van der Waals surface area contributed by atoms with Crippen LogP contribution in [0.4, 0.5) is 11.4 Å². The molecule has 0 fully saturated rings. The summed E-state index contributed by atoms with van der Waals surface area (Å²) >= 11 is 11.9. The van der Waals surface area contributed by atoms with Gasteiger partial charge < -0.3 is 15.0 Å². The molecule has 2 aromatic carbocycles. The fourth-order valence-corrected chi connectivity index (χ4v) is 2.93. The predicted molar refractivity (Wildman–Crippen MR) is 105 cm³/mol. The number of nitrogens with one attached hydrogen (secondary N) is 1. The fourth-order valence-electron chi connectivity index (χ4n) is 2.48. The van der Waals surface area contributed by atoms with Crippen molar-refractivity contribution >= 4 is 46.4 Å². The van der Waals surface area contributed by atoms with Crippen molar-refractivity contribution in [2.24, 2.45) is 0 Å². The van der Waals surface area contributed by atoms with Crippen molar-refractivity contribution in [3.8, 4) is 5.75 Å². The highest BCUT2D eigenvalue weighted by molar-refractivity contribution is 6.36. The quantitative estimate of drug-likeness (QED) is 0.772. The molecule has 0 aliphatic rings. The van der Waals surface area contributed by atoms with Crippen LogP contribution in [0.3, 0.4) is 0 Å². The van der Waals surface area contributed by atoms with E-state index in [0.717, 1.165) is 5.56 Å². The molecule has 0 atom stereocenters. The second-order valence-corrected chi connectivity index (χ2v) is 6.61. The number of rotatable bonds is 6. The van der Waals surface area contributed by atoms with Gasteiger partial charge in [0.15, 0.2) is 0 Å². The summed E-state index contributed by atoms with van der Waals surface area (Å²) < 4.78 is 5.34. The van der Waals surface area contributed by atoms with Crippen LogP contribution in [-0.2, 0) is 9.59 Å². The zero-order chi connectivity index (χ0) is 19.3. The van der Waals surface area contributed by atoms with E-state index in [4.69, 9.17) is 27.9 Å². The van der Waals surface area contributed by atoms with Crippen LogP contribution in [0.25, 0.3) is 0 Å². The smallest absolute Gasteiger partial charge is 0.226 e. The van der Waals surface area contributed by atoms with Crippen molar-refractivity contribution in [3.63, 3.8) is 0 Å². The molecular weight excluding hydrogens is 375 g/mol. The Balaban J connectivity index is 2.10. The highest BCUT2D eigenvalue weighted by Crippen LogP contribution is 2.30. The highest BCUT2D eigenvalue weighted by atomic mass is 35.5. The molecule has 0 aliphatic carbocycles. The first-order chi connectivity index (χ1) is 12.3. The van der Waals surface area contributed by atoms with Gasteiger partial charge in [0.1, 0.15) is 5.75 Å². The topological polar surface area (TPSA) is 58.6 Å². The second-order valence-electron chi connectivity index (χ2n) is 5.77. The molecule has 1 N–H and O–H groups in total. The summed E-state index contributed by atoms with van der Waals surface area (Å²) in [5, 5.41) is 3.57. The third kappa shape index (κ3) is 5.13. The van der Waals surface area contributed by atoms with Crippen molar-refractivity contribution in [3.05, 3.63) is 52.0 Å². The first kappa shape index (κ1) is 20.1. The Morgan fingerprint density at radius 2 is 1.88 bits per heavy atom. The summed E-state index contributed by atoms with van der Waals surface area (Å²) in [6.45, 7) is 3.60. The number of methoxy groups -OCH3 is 1. The monoisotopic (exact) mass is 394 g/mol. The van der Waals surface area contributed by atoms with Gasteiger partial charge in [-0.05, 0) is 42.8 Å². The Labute approximate surface area is 162 Å². The molecule has 0 aliphatic heterocycles. The third-order valence-electron chi connectivity index (χ3n) is 3.77. The number of carbonyl (C=O) groups excluding carboxylic acids is 2. The first-order valence-electron chi connectivity index (χ1n) is 7.99. The van der Waals surface area contributed by atoms with E-state index >= 15 is 0 Å². The number of anilines is 2. The van der Waals surface area contributed by atoms with Crippen LogP contribution < -0.4 is 15.0 Å². The largest absolute Gasteiger partial charge is 0.495 e. The Bertz CT molecular complexity index is 824. The maximum absolute atomic E-state index is 12.3. The van der Waals surface area contributed by atoms with Crippen molar-refractivity contribution in [2.45, 2.75) is 20.3 Å². The van der Waals surface area contributed by atoms with Gasteiger partial charge >= 0.3 is 0 Å². The van der Waals surface area contributed by atoms with Crippen LogP contribution in [0.2, 0.25) is 10.0 Å². The molecule has 2 aromatic rings. The number of halogens is 2. The standard InChI is InChI=1S/C19H20Cl2N2O3/c1-12-4-7-18(26-3)17(10-12)23(13(2)24)9-8-19(25)22-16-6-5-14(20)11-15(16)21/h4-7,10-11H,8-9H2,1-3H3,(H,22,25). The molecule has 2 rings (SSSR count). The number of nitrogens with zero attached hydrogens (tertiary/aromatic N) is 1. The molecule has 2 amide bonds. The third-order valence-corrected chi connectivity index (χ3v) is 4.32. The average molecular weight is 395 g/mol. The molecule has 26 heavy (non-hydrogen) atoms. The number of aryl methyl sites for hydroxylation is 1. The molecule has 7 heteroatoms.